The lowest BCUT2D eigenvalue weighted by molar-refractivity contribution is 0.0751. The number of amides is 1. The zero-order valence-corrected chi connectivity index (χ0v) is 18.5. The van der Waals surface area contributed by atoms with E-state index in [-0.39, 0.29) is 5.91 Å². The third-order valence-electron chi connectivity index (χ3n) is 5.23. The van der Waals surface area contributed by atoms with Crippen LogP contribution in [0.3, 0.4) is 0 Å². The van der Waals surface area contributed by atoms with Crippen LogP contribution in [0.4, 0.5) is 5.82 Å². The molecule has 1 aromatic carbocycles. The molecule has 1 aliphatic heterocycles. The van der Waals surface area contributed by atoms with Crippen molar-refractivity contribution in [2.24, 2.45) is 0 Å². The summed E-state index contributed by atoms with van der Waals surface area (Å²) in [7, 11) is 4.74. The van der Waals surface area contributed by atoms with Gasteiger partial charge in [-0.1, -0.05) is 6.07 Å². The molecule has 1 aliphatic rings. The summed E-state index contributed by atoms with van der Waals surface area (Å²) >= 11 is 1.48. The molecule has 9 heteroatoms. The summed E-state index contributed by atoms with van der Waals surface area (Å²) in [5.74, 6) is 2.55. The highest BCUT2D eigenvalue weighted by atomic mass is 32.1. The Kier molecular flexibility index (Phi) is 6.22. The number of anilines is 1. The summed E-state index contributed by atoms with van der Waals surface area (Å²) in [4.78, 5) is 17.3. The van der Waals surface area contributed by atoms with E-state index in [0.29, 0.717) is 36.0 Å². The third-order valence-corrected chi connectivity index (χ3v) is 6.09. The Labute approximate surface area is 185 Å². The first-order valence-corrected chi connectivity index (χ1v) is 10.7. The van der Waals surface area contributed by atoms with E-state index in [9.17, 15) is 4.79 Å². The molecule has 0 bridgehead atoms. The van der Waals surface area contributed by atoms with Crippen molar-refractivity contribution in [1.82, 2.24) is 15.1 Å². The minimum Gasteiger partial charge on any atom is -0.493 e. The van der Waals surface area contributed by atoms with Crippen LogP contribution >= 0.6 is 11.3 Å². The smallest absolute Gasteiger partial charge is 0.264 e. The molecule has 162 valence electrons. The van der Waals surface area contributed by atoms with Gasteiger partial charge in [0, 0.05) is 31.7 Å². The van der Waals surface area contributed by atoms with Crippen molar-refractivity contribution in [1.29, 1.82) is 0 Å². The van der Waals surface area contributed by atoms with Crippen LogP contribution in [0, 0.1) is 0 Å². The van der Waals surface area contributed by atoms with Crippen molar-refractivity contribution in [2.75, 3.05) is 52.4 Å². The maximum atomic E-state index is 12.5. The van der Waals surface area contributed by atoms with Gasteiger partial charge in [-0.15, -0.1) is 21.5 Å². The van der Waals surface area contributed by atoms with Crippen molar-refractivity contribution >= 4 is 23.1 Å². The van der Waals surface area contributed by atoms with Gasteiger partial charge in [-0.05, 0) is 35.7 Å². The van der Waals surface area contributed by atoms with Crippen LogP contribution in [0.1, 0.15) is 9.67 Å². The monoisotopic (exact) mass is 440 g/mol. The van der Waals surface area contributed by atoms with Crippen LogP contribution in [-0.4, -0.2) is 68.5 Å². The molecule has 3 heterocycles. The van der Waals surface area contributed by atoms with Crippen molar-refractivity contribution in [2.45, 2.75) is 0 Å². The van der Waals surface area contributed by atoms with E-state index in [4.69, 9.17) is 14.2 Å². The molecule has 2 aromatic heterocycles. The second kappa shape index (κ2) is 9.22. The molecule has 1 amide bonds. The number of aromatic nitrogens is 2. The standard InChI is InChI=1S/C22H24N4O4S/c1-28-17-13-15(14-18(29-2)21(17)30-3)16-6-7-20(24-23-16)25-8-10-26(11-9-25)22(27)19-5-4-12-31-19/h4-7,12-14H,8-11H2,1-3H3. The average Bonchev–Trinajstić information content (AvgIpc) is 3.38. The Morgan fingerprint density at radius 3 is 2.16 bits per heavy atom. The number of piperazine rings is 1. The molecule has 0 N–H and O–H groups in total. The van der Waals surface area contributed by atoms with Gasteiger partial charge < -0.3 is 24.0 Å². The average molecular weight is 441 g/mol. The largest absolute Gasteiger partial charge is 0.493 e. The lowest BCUT2D eigenvalue weighted by Gasteiger charge is -2.35. The molecule has 0 unspecified atom stereocenters. The fraction of sp³-hybridized carbons (Fsp3) is 0.318. The highest BCUT2D eigenvalue weighted by Gasteiger charge is 2.23. The Balaban J connectivity index is 1.46. The number of benzene rings is 1. The van der Waals surface area contributed by atoms with E-state index in [0.717, 1.165) is 29.3 Å². The molecular weight excluding hydrogens is 416 g/mol. The van der Waals surface area contributed by atoms with Gasteiger partial charge in [-0.3, -0.25) is 4.79 Å². The summed E-state index contributed by atoms with van der Waals surface area (Å²) in [5.41, 5.74) is 1.52. The number of carbonyl (C=O) groups is 1. The number of nitrogens with zero attached hydrogens (tertiary/aromatic N) is 4. The molecule has 31 heavy (non-hydrogen) atoms. The van der Waals surface area contributed by atoms with Gasteiger partial charge in [0.2, 0.25) is 5.75 Å². The van der Waals surface area contributed by atoms with Crippen LogP contribution in [0.5, 0.6) is 17.2 Å². The predicted molar refractivity (Wildman–Crippen MR) is 120 cm³/mol. The number of carbonyl (C=O) groups excluding carboxylic acids is 1. The minimum absolute atomic E-state index is 0.0958. The van der Waals surface area contributed by atoms with Gasteiger partial charge in [0.05, 0.1) is 31.9 Å². The second-order valence-electron chi connectivity index (χ2n) is 6.95. The number of thiophene rings is 1. The molecule has 1 saturated heterocycles. The number of methoxy groups -OCH3 is 3. The first-order chi connectivity index (χ1) is 15.1. The number of rotatable bonds is 6. The highest BCUT2D eigenvalue weighted by molar-refractivity contribution is 7.12. The van der Waals surface area contributed by atoms with E-state index in [1.807, 2.05) is 46.7 Å². The third kappa shape index (κ3) is 4.27. The fourth-order valence-corrected chi connectivity index (χ4v) is 4.26. The van der Waals surface area contributed by atoms with Crippen LogP contribution < -0.4 is 19.1 Å². The van der Waals surface area contributed by atoms with Crippen LogP contribution in [0.25, 0.3) is 11.3 Å². The summed E-state index contributed by atoms with van der Waals surface area (Å²) in [6.07, 6.45) is 0. The molecule has 0 saturated carbocycles. The molecular formula is C22H24N4O4S. The zero-order chi connectivity index (χ0) is 21.8. The summed E-state index contributed by atoms with van der Waals surface area (Å²) in [6, 6.07) is 11.3. The van der Waals surface area contributed by atoms with Crippen LogP contribution in [-0.2, 0) is 0 Å². The molecule has 1 fully saturated rings. The first kappa shape index (κ1) is 20.9. The zero-order valence-electron chi connectivity index (χ0n) is 17.7. The van der Waals surface area contributed by atoms with Gasteiger partial charge in [0.15, 0.2) is 17.3 Å². The van der Waals surface area contributed by atoms with Gasteiger partial charge in [0.25, 0.3) is 5.91 Å². The van der Waals surface area contributed by atoms with E-state index in [1.165, 1.54) is 11.3 Å². The first-order valence-electron chi connectivity index (χ1n) is 9.86. The van der Waals surface area contributed by atoms with Gasteiger partial charge in [-0.2, -0.15) is 0 Å². The SMILES string of the molecule is COc1cc(-c2ccc(N3CCN(C(=O)c4cccs4)CC3)nn2)cc(OC)c1OC. The Hall–Kier alpha value is -3.33. The fourth-order valence-electron chi connectivity index (χ4n) is 3.57. The lowest BCUT2D eigenvalue weighted by Crippen LogP contribution is -2.48. The summed E-state index contributed by atoms with van der Waals surface area (Å²) in [5, 5.41) is 10.7. The van der Waals surface area contributed by atoms with Crippen molar-refractivity contribution in [3.8, 4) is 28.5 Å². The van der Waals surface area contributed by atoms with Crippen molar-refractivity contribution in [3.63, 3.8) is 0 Å². The maximum absolute atomic E-state index is 12.5. The quantitative estimate of drug-likeness (QED) is 0.583. The van der Waals surface area contributed by atoms with Gasteiger partial charge >= 0.3 is 0 Å². The number of hydrogen-bond donors (Lipinski definition) is 0. The molecule has 0 spiro atoms. The minimum atomic E-state index is 0.0958. The molecule has 0 atom stereocenters. The Morgan fingerprint density at radius 1 is 0.935 bits per heavy atom. The molecule has 0 radical (unpaired) electrons. The Bertz CT molecular complexity index is 1010. The number of ether oxygens (including phenoxy) is 3. The van der Waals surface area contributed by atoms with Crippen LogP contribution in [0.15, 0.2) is 41.8 Å². The topological polar surface area (TPSA) is 77.0 Å². The van der Waals surface area contributed by atoms with Crippen molar-refractivity contribution in [3.05, 3.63) is 46.7 Å². The van der Waals surface area contributed by atoms with Gasteiger partial charge in [0.1, 0.15) is 0 Å². The Morgan fingerprint density at radius 2 is 1.65 bits per heavy atom. The van der Waals surface area contributed by atoms with Crippen LogP contribution in [0.2, 0.25) is 0 Å². The number of hydrogen-bond acceptors (Lipinski definition) is 8. The summed E-state index contributed by atoms with van der Waals surface area (Å²) < 4.78 is 16.2. The summed E-state index contributed by atoms with van der Waals surface area (Å²) in [6.45, 7) is 2.75. The molecule has 4 rings (SSSR count). The van der Waals surface area contributed by atoms with Crippen molar-refractivity contribution < 1.29 is 19.0 Å². The van der Waals surface area contributed by atoms with E-state index < -0.39 is 0 Å². The predicted octanol–water partition coefficient (Wildman–Crippen LogP) is 3.19. The maximum Gasteiger partial charge on any atom is 0.264 e. The van der Waals surface area contributed by atoms with E-state index in [2.05, 4.69) is 15.1 Å². The van der Waals surface area contributed by atoms with E-state index in [1.54, 1.807) is 21.3 Å². The molecule has 8 nitrogen and oxygen atoms in total. The lowest BCUT2D eigenvalue weighted by atomic mass is 10.1. The highest BCUT2D eigenvalue weighted by Crippen LogP contribution is 2.40. The normalized spacial score (nSPS) is 13.8. The van der Waals surface area contributed by atoms with Gasteiger partial charge in [-0.25, -0.2) is 0 Å². The van der Waals surface area contributed by atoms with E-state index >= 15 is 0 Å². The second-order valence-corrected chi connectivity index (χ2v) is 7.90. The molecule has 3 aromatic rings. The molecule has 0 aliphatic carbocycles.